The number of aromatic nitrogens is 1. The molecule has 0 radical (unpaired) electrons. The Bertz CT molecular complexity index is 1550. The van der Waals surface area contributed by atoms with Gasteiger partial charge in [-0.1, -0.05) is 54.1 Å². The van der Waals surface area contributed by atoms with Crippen molar-refractivity contribution in [2.24, 2.45) is 0 Å². The minimum absolute atomic E-state index is 0.265. The molecule has 2 unspecified atom stereocenters. The molecular formula is C28H21ClN2O3. The average Bonchev–Trinajstić information content (AvgIpc) is 3.40. The SMILES string of the molecule is CC(=O)C1=C(C)N(c2ccc(Cl)cc2)C2(O)c3ccccc3C(=O)C12c1c[nH]c2ccccc12. The second kappa shape index (κ2) is 6.92. The van der Waals surface area contributed by atoms with Gasteiger partial charge in [-0.3, -0.25) is 9.59 Å². The Morgan fingerprint density at radius 3 is 2.38 bits per heavy atom. The number of H-pyrrole nitrogens is 1. The van der Waals surface area contributed by atoms with Crippen LogP contribution in [0, 0.1) is 0 Å². The van der Waals surface area contributed by atoms with Crippen LogP contribution in [-0.2, 0) is 15.9 Å². The molecule has 2 atom stereocenters. The van der Waals surface area contributed by atoms with Gasteiger partial charge in [0, 0.05) is 55.8 Å². The Morgan fingerprint density at radius 2 is 1.65 bits per heavy atom. The highest BCUT2D eigenvalue weighted by Gasteiger charge is 2.73. The third kappa shape index (κ3) is 2.28. The number of carbonyl (C=O) groups excluding carboxylic acids is 2. The van der Waals surface area contributed by atoms with Crippen LogP contribution in [-0.4, -0.2) is 21.7 Å². The molecular weight excluding hydrogens is 448 g/mol. The normalized spacial score (nSPS) is 23.5. The number of rotatable bonds is 3. The summed E-state index contributed by atoms with van der Waals surface area (Å²) < 4.78 is 0. The molecule has 0 bridgehead atoms. The van der Waals surface area contributed by atoms with E-state index in [9.17, 15) is 14.7 Å². The van der Waals surface area contributed by atoms with E-state index in [0.717, 1.165) is 10.9 Å². The minimum atomic E-state index is -1.86. The zero-order chi connectivity index (χ0) is 23.8. The molecule has 2 N–H and O–H groups in total. The predicted molar refractivity (Wildman–Crippen MR) is 132 cm³/mol. The van der Waals surface area contributed by atoms with Gasteiger partial charge in [0.2, 0.25) is 0 Å². The molecule has 0 spiro atoms. The maximum Gasteiger partial charge on any atom is 0.191 e. The number of nitrogens with zero attached hydrogens (tertiary/aromatic N) is 1. The van der Waals surface area contributed by atoms with Crippen LogP contribution in [0.5, 0.6) is 0 Å². The van der Waals surface area contributed by atoms with E-state index < -0.39 is 11.1 Å². The summed E-state index contributed by atoms with van der Waals surface area (Å²) in [5.74, 6) is -0.560. The lowest BCUT2D eigenvalue weighted by Crippen LogP contribution is -2.55. The Balaban J connectivity index is 1.79. The number of benzene rings is 3. The van der Waals surface area contributed by atoms with Crippen LogP contribution < -0.4 is 4.90 Å². The number of anilines is 1. The first kappa shape index (κ1) is 20.9. The molecule has 6 heteroatoms. The van der Waals surface area contributed by atoms with Gasteiger partial charge in [-0.15, -0.1) is 0 Å². The van der Waals surface area contributed by atoms with Gasteiger partial charge in [0.05, 0.1) is 0 Å². The monoisotopic (exact) mass is 468 g/mol. The lowest BCUT2D eigenvalue weighted by molar-refractivity contribution is -0.115. The number of hydrogen-bond acceptors (Lipinski definition) is 4. The van der Waals surface area contributed by atoms with Crippen molar-refractivity contribution in [1.82, 2.24) is 4.98 Å². The highest BCUT2D eigenvalue weighted by atomic mass is 35.5. The highest BCUT2D eigenvalue weighted by Crippen LogP contribution is 2.64. The second-order valence-corrected chi connectivity index (χ2v) is 9.31. The maximum absolute atomic E-state index is 14.4. The summed E-state index contributed by atoms with van der Waals surface area (Å²) >= 11 is 6.15. The Hall–Kier alpha value is -3.67. The van der Waals surface area contributed by atoms with Gasteiger partial charge in [0.25, 0.3) is 0 Å². The average molecular weight is 469 g/mol. The topological polar surface area (TPSA) is 73.4 Å². The van der Waals surface area contributed by atoms with Gasteiger partial charge >= 0.3 is 0 Å². The van der Waals surface area contributed by atoms with E-state index >= 15 is 0 Å². The Kier molecular flexibility index (Phi) is 4.25. The quantitative estimate of drug-likeness (QED) is 0.417. The predicted octanol–water partition coefficient (Wildman–Crippen LogP) is 5.48. The van der Waals surface area contributed by atoms with Gasteiger partial charge < -0.3 is 15.0 Å². The lowest BCUT2D eigenvalue weighted by Gasteiger charge is -2.43. The minimum Gasteiger partial charge on any atom is -0.365 e. The number of aliphatic hydroxyl groups is 1. The number of fused-ring (bicyclic) bond motifs is 4. The summed E-state index contributed by atoms with van der Waals surface area (Å²) in [5, 5.41) is 14.2. The van der Waals surface area contributed by atoms with Crippen molar-refractivity contribution in [2.75, 3.05) is 4.90 Å². The Labute approximate surface area is 201 Å². The number of hydrogen-bond donors (Lipinski definition) is 2. The van der Waals surface area contributed by atoms with Crippen molar-refractivity contribution in [2.45, 2.75) is 25.0 Å². The molecule has 168 valence electrons. The number of aromatic amines is 1. The lowest BCUT2D eigenvalue weighted by atomic mass is 9.66. The summed E-state index contributed by atoms with van der Waals surface area (Å²) in [4.78, 5) is 32.7. The van der Waals surface area contributed by atoms with Crippen molar-refractivity contribution in [3.05, 3.63) is 112 Å². The van der Waals surface area contributed by atoms with Gasteiger partial charge in [-0.2, -0.15) is 0 Å². The first-order valence-electron chi connectivity index (χ1n) is 11.0. The third-order valence-electron chi connectivity index (χ3n) is 7.24. The number of Topliss-reactive ketones (excluding diaryl/α,β-unsaturated/α-hetero) is 2. The number of allylic oxidation sites excluding steroid dienone is 1. The molecule has 0 saturated carbocycles. The maximum atomic E-state index is 14.4. The fourth-order valence-electron chi connectivity index (χ4n) is 6.07. The molecule has 2 aliphatic rings. The van der Waals surface area contributed by atoms with Crippen LogP contribution >= 0.6 is 11.6 Å². The fraction of sp³-hybridized carbons (Fsp3) is 0.143. The summed E-state index contributed by atoms with van der Waals surface area (Å²) in [5.41, 5.74) is 0.222. The van der Waals surface area contributed by atoms with E-state index in [1.807, 2.05) is 24.3 Å². The number of para-hydroxylation sites is 1. The second-order valence-electron chi connectivity index (χ2n) is 8.87. The number of halogens is 1. The molecule has 6 rings (SSSR count). The van der Waals surface area contributed by atoms with Gasteiger partial charge in [-0.25, -0.2) is 0 Å². The summed E-state index contributed by atoms with van der Waals surface area (Å²) in [6.45, 7) is 3.24. The number of carbonyl (C=O) groups is 2. The van der Waals surface area contributed by atoms with Gasteiger partial charge in [-0.05, 0) is 44.2 Å². The Morgan fingerprint density at radius 1 is 0.971 bits per heavy atom. The number of nitrogens with one attached hydrogen (secondary N) is 1. The molecule has 4 aromatic rings. The summed E-state index contributed by atoms with van der Waals surface area (Å²) in [6.07, 6.45) is 1.75. The van der Waals surface area contributed by atoms with E-state index in [1.54, 1.807) is 66.6 Å². The van der Waals surface area contributed by atoms with Gasteiger partial charge in [0.15, 0.2) is 17.3 Å². The molecule has 3 aromatic carbocycles. The summed E-state index contributed by atoms with van der Waals surface area (Å²) in [7, 11) is 0. The molecule has 34 heavy (non-hydrogen) atoms. The first-order chi connectivity index (χ1) is 16.3. The molecule has 0 amide bonds. The molecule has 0 fully saturated rings. The van der Waals surface area contributed by atoms with Crippen LogP contribution in [0.4, 0.5) is 5.69 Å². The highest BCUT2D eigenvalue weighted by molar-refractivity contribution is 6.30. The van der Waals surface area contributed by atoms with E-state index in [4.69, 9.17) is 11.6 Å². The molecule has 1 aliphatic carbocycles. The molecule has 2 heterocycles. The third-order valence-corrected chi connectivity index (χ3v) is 7.49. The van der Waals surface area contributed by atoms with Gasteiger partial charge in [0.1, 0.15) is 5.41 Å². The standard InChI is InChI=1S/C28H21ClN2O3/c1-16-25(17(2)32)27(23-15-30-24-10-6-4-7-20(23)24)26(33)21-8-3-5-9-22(21)28(27,34)31(16)19-13-11-18(29)12-14-19/h3-15,30,34H,1-2H3. The van der Waals surface area contributed by atoms with E-state index in [0.29, 0.717) is 33.1 Å². The van der Waals surface area contributed by atoms with Crippen LogP contribution in [0.3, 0.4) is 0 Å². The molecule has 5 nitrogen and oxygen atoms in total. The largest absolute Gasteiger partial charge is 0.365 e. The van der Waals surface area contributed by atoms with Crippen LogP contribution in [0.25, 0.3) is 10.9 Å². The zero-order valence-corrected chi connectivity index (χ0v) is 19.4. The van der Waals surface area contributed by atoms with Crippen LogP contribution in [0.2, 0.25) is 5.02 Å². The first-order valence-corrected chi connectivity index (χ1v) is 11.4. The van der Waals surface area contributed by atoms with E-state index in [1.165, 1.54) is 6.92 Å². The van der Waals surface area contributed by atoms with E-state index in [2.05, 4.69) is 4.98 Å². The fourth-order valence-corrected chi connectivity index (χ4v) is 6.19. The van der Waals surface area contributed by atoms with Crippen molar-refractivity contribution >= 4 is 39.8 Å². The molecule has 1 aliphatic heterocycles. The molecule has 0 saturated heterocycles. The zero-order valence-electron chi connectivity index (χ0n) is 18.6. The van der Waals surface area contributed by atoms with Crippen LogP contribution in [0.1, 0.15) is 35.3 Å². The summed E-state index contributed by atoms with van der Waals surface area (Å²) in [6, 6.07) is 21.7. The number of ketones is 2. The van der Waals surface area contributed by atoms with E-state index in [-0.39, 0.29) is 17.1 Å². The van der Waals surface area contributed by atoms with Crippen molar-refractivity contribution in [3.8, 4) is 0 Å². The van der Waals surface area contributed by atoms with Crippen molar-refractivity contribution in [1.29, 1.82) is 0 Å². The smallest absolute Gasteiger partial charge is 0.191 e. The van der Waals surface area contributed by atoms with Crippen LogP contribution in [0.15, 0.2) is 90.3 Å². The molecule has 1 aromatic heterocycles. The van der Waals surface area contributed by atoms with Crippen molar-refractivity contribution in [3.63, 3.8) is 0 Å². The van der Waals surface area contributed by atoms with Crippen molar-refractivity contribution < 1.29 is 14.7 Å².